The van der Waals surface area contributed by atoms with Crippen LogP contribution in [0.4, 0.5) is 18.0 Å². The van der Waals surface area contributed by atoms with Crippen molar-refractivity contribution in [3.63, 3.8) is 0 Å². The highest BCUT2D eigenvalue weighted by atomic mass is 19.4. The fourth-order valence-electron chi connectivity index (χ4n) is 3.54. The summed E-state index contributed by atoms with van der Waals surface area (Å²) in [6.45, 7) is 6.60. The molecule has 0 radical (unpaired) electrons. The maximum absolute atomic E-state index is 12.7. The number of hydrogen-bond donors (Lipinski definition) is 0. The second kappa shape index (κ2) is 8.05. The van der Waals surface area contributed by atoms with Crippen molar-refractivity contribution in [1.29, 1.82) is 0 Å². The average molecular weight is 429 g/mol. The lowest BCUT2D eigenvalue weighted by atomic mass is 9.89. The number of alkyl halides is 3. The first-order chi connectivity index (χ1) is 13.9. The molecule has 2 fully saturated rings. The van der Waals surface area contributed by atoms with Gasteiger partial charge in [-0.15, -0.1) is 0 Å². The molecule has 0 unspecified atom stereocenters. The summed E-state index contributed by atoms with van der Waals surface area (Å²) in [7, 11) is 0. The number of carbonyl (C=O) groups is 2. The molecule has 3 heterocycles. The summed E-state index contributed by atoms with van der Waals surface area (Å²) < 4.78 is 49.3. The highest BCUT2D eigenvalue weighted by Crippen LogP contribution is 2.32. The summed E-state index contributed by atoms with van der Waals surface area (Å²) in [5.74, 6) is -0.239. The van der Waals surface area contributed by atoms with Gasteiger partial charge in [-0.05, 0) is 45.7 Å². The van der Waals surface area contributed by atoms with Crippen molar-refractivity contribution >= 4 is 12.0 Å². The van der Waals surface area contributed by atoms with Gasteiger partial charge < -0.3 is 19.3 Å². The van der Waals surface area contributed by atoms with Crippen LogP contribution in [0.2, 0.25) is 0 Å². The smallest absolute Gasteiger partial charge is 0.417 e. The predicted molar refractivity (Wildman–Crippen MR) is 100 cm³/mol. The number of piperidine rings is 1. The third-order valence-corrected chi connectivity index (χ3v) is 5.16. The first kappa shape index (κ1) is 22.3. The van der Waals surface area contributed by atoms with Crippen LogP contribution in [0.3, 0.4) is 0 Å². The Kier molecular flexibility index (Phi) is 5.99. The maximum Gasteiger partial charge on any atom is 0.417 e. The van der Waals surface area contributed by atoms with Crippen molar-refractivity contribution in [2.45, 2.75) is 57.5 Å². The molecule has 2 aliphatic rings. The van der Waals surface area contributed by atoms with Crippen LogP contribution in [0.25, 0.3) is 0 Å². The quantitative estimate of drug-likeness (QED) is 0.722. The number of halogens is 3. The van der Waals surface area contributed by atoms with Crippen LogP contribution in [0, 0.1) is 0 Å². The molecule has 30 heavy (non-hydrogen) atoms. The van der Waals surface area contributed by atoms with Gasteiger partial charge in [0.1, 0.15) is 12.2 Å². The molecule has 0 aromatic carbocycles. The Labute approximate surface area is 173 Å². The first-order valence-electron chi connectivity index (χ1n) is 9.79. The van der Waals surface area contributed by atoms with Gasteiger partial charge in [-0.25, -0.2) is 4.79 Å². The molecule has 2 amide bonds. The van der Waals surface area contributed by atoms with Crippen molar-refractivity contribution in [2.24, 2.45) is 0 Å². The Balaban J connectivity index is 1.60. The standard InChI is InChI=1S/C20H26F3N3O4/c1-18(2,3)30-17(28)25-8-6-19(7-9-25)13-26(16(27)12-29-19)11-15-5-4-14(10-24-15)20(21,22)23/h4-5,10H,6-9,11-13H2,1-3H3. The Morgan fingerprint density at radius 3 is 2.43 bits per heavy atom. The first-order valence-corrected chi connectivity index (χ1v) is 9.79. The van der Waals surface area contributed by atoms with E-state index in [0.29, 0.717) is 38.2 Å². The van der Waals surface area contributed by atoms with E-state index >= 15 is 0 Å². The van der Waals surface area contributed by atoms with Gasteiger partial charge >= 0.3 is 12.3 Å². The number of likely N-dealkylation sites (tertiary alicyclic amines) is 1. The average Bonchev–Trinajstić information content (AvgIpc) is 2.64. The Morgan fingerprint density at radius 2 is 1.90 bits per heavy atom. The molecule has 0 atom stereocenters. The summed E-state index contributed by atoms with van der Waals surface area (Å²) in [5.41, 5.74) is -1.62. The van der Waals surface area contributed by atoms with Gasteiger partial charge in [0.25, 0.3) is 0 Å². The van der Waals surface area contributed by atoms with Crippen LogP contribution in [-0.2, 0) is 27.0 Å². The zero-order chi connectivity index (χ0) is 22.2. The molecular formula is C20H26F3N3O4. The van der Waals surface area contributed by atoms with E-state index in [-0.39, 0.29) is 25.2 Å². The summed E-state index contributed by atoms with van der Waals surface area (Å²) in [5, 5.41) is 0. The molecule has 0 aliphatic carbocycles. The molecule has 7 nitrogen and oxygen atoms in total. The highest BCUT2D eigenvalue weighted by Gasteiger charge is 2.43. The van der Waals surface area contributed by atoms with Crippen molar-refractivity contribution in [3.8, 4) is 0 Å². The molecule has 0 bridgehead atoms. The number of amides is 2. The fourth-order valence-corrected chi connectivity index (χ4v) is 3.54. The Hall–Kier alpha value is -2.36. The number of carbonyl (C=O) groups excluding carboxylic acids is 2. The lowest BCUT2D eigenvalue weighted by Crippen LogP contribution is -2.59. The molecule has 1 aromatic rings. The molecule has 1 aromatic heterocycles. The minimum Gasteiger partial charge on any atom is -0.444 e. The Morgan fingerprint density at radius 1 is 1.23 bits per heavy atom. The van der Waals surface area contributed by atoms with Crippen LogP contribution >= 0.6 is 0 Å². The third-order valence-electron chi connectivity index (χ3n) is 5.16. The second-order valence-corrected chi connectivity index (χ2v) is 8.72. The van der Waals surface area contributed by atoms with E-state index in [0.717, 1.165) is 12.3 Å². The van der Waals surface area contributed by atoms with Crippen molar-refractivity contribution in [1.82, 2.24) is 14.8 Å². The topological polar surface area (TPSA) is 72.0 Å². The van der Waals surface area contributed by atoms with Crippen molar-refractivity contribution in [2.75, 3.05) is 26.2 Å². The molecule has 2 aliphatic heterocycles. The Bertz CT molecular complexity index is 782. The third kappa shape index (κ3) is 5.41. The van der Waals surface area contributed by atoms with Gasteiger partial charge in [0.2, 0.25) is 5.91 Å². The van der Waals surface area contributed by atoms with Crippen molar-refractivity contribution in [3.05, 3.63) is 29.6 Å². The maximum atomic E-state index is 12.7. The minimum absolute atomic E-state index is 0.104. The number of rotatable bonds is 2. The lowest BCUT2D eigenvalue weighted by molar-refractivity contribution is -0.172. The monoisotopic (exact) mass is 429 g/mol. The summed E-state index contributed by atoms with van der Waals surface area (Å²) in [6, 6.07) is 2.24. The van der Waals surface area contributed by atoms with E-state index in [1.54, 1.807) is 30.6 Å². The summed E-state index contributed by atoms with van der Waals surface area (Å²) >= 11 is 0. The second-order valence-electron chi connectivity index (χ2n) is 8.72. The van der Waals surface area contributed by atoms with Gasteiger partial charge in [-0.3, -0.25) is 9.78 Å². The molecule has 166 valence electrons. The SMILES string of the molecule is CC(C)(C)OC(=O)N1CCC2(CC1)CN(Cc1ccc(C(F)(F)F)cn1)C(=O)CO2. The summed E-state index contributed by atoms with van der Waals surface area (Å²) in [4.78, 5) is 31.6. The van der Waals surface area contributed by atoms with Crippen LogP contribution in [0.1, 0.15) is 44.9 Å². The van der Waals surface area contributed by atoms with E-state index in [4.69, 9.17) is 9.47 Å². The molecule has 0 saturated carbocycles. The van der Waals surface area contributed by atoms with Gasteiger partial charge in [-0.1, -0.05) is 0 Å². The van der Waals surface area contributed by atoms with Gasteiger partial charge in [0.05, 0.1) is 29.9 Å². The van der Waals surface area contributed by atoms with Gasteiger partial charge in [-0.2, -0.15) is 13.2 Å². The lowest BCUT2D eigenvalue weighted by Gasteiger charge is -2.46. The summed E-state index contributed by atoms with van der Waals surface area (Å²) in [6.07, 6.45) is -2.98. The van der Waals surface area contributed by atoms with E-state index in [1.807, 2.05) is 0 Å². The highest BCUT2D eigenvalue weighted by molar-refractivity contribution is 5.78. The van der Waals surface area contributed by atoms with E-state index < -0.39 is 22.9 Å². The van der Waals surface area contributed by atoms with E-state index in [2.05, 4.69) is 4.98 Å². The normalized spacial score (nSPS) is 19.9. The molecule has 0 N–H and O–H groups in total. The van der Waals surface area contributed by atoms with Crippen LogP contribution in [-0.4, -0.2) is 64.2 Å². The zero-order valence-corrected chi connectivity index (χ0v) is 17.3. The van der Waals surface area contributed by atoms with Gasteiger partial charge in [0.15, 0.2) is 0 Å². The number of pyridine rings is 1. The molecule has 2 saturated heterocycles. The molecular weight excluding hydrogens is 403 g/mol. The zero-order valence-electron chi connectivity index (χ0n) is 17.3. The molecule has 10 heteroatoms. The van der Waals surface area contributed by atoms with Crippen LogP contribution in [0.15, 0.2) is 18.3 Å². The number of hydrogen-bond acceptors (Lipinski definition) is 5. The predicted octanol–water partition coefficient (Wildman–Crippen LogP) is 3.23. The fraction of sp³-hybridized carbons (Fsp3) is 0.650. The van der Waals surface area contributed by atoms with Gasteiger partial charge in [0, 0.05) is 19.3 Å². The number of ether oxygens (including phenoxy) is 2. The van der Waals surface area contributed by atoms with E-state index in [1.165, 1.54) is 6.07 Å². The van der Waals surface area contributed by atoms with E-state index in [9.17, 15) is 22.8 Å². The largest absolute Gasteiger partial charge is 0.444 e. The molecule has 3 rings (SSSR count). The number of morpholine rings is 1. The van der Waals surface area contributed by atoms with Crippen molar-refractivity contribution < 1.29 is 32.2 Å². The molecule has 1 spiro atoms. The number of aromatic nitrogens is 1. The minimum atomic E-state index is -4.45. The number of nitrogens with zero attached hydrogens (tertiary/aromatic N) is 3. The van der Waals surface area contributed by atoms with Crippen LogP contribution < -0.4 is 0 Å². The van der Waals surface area contributed by atoms with Crippen LogP contribution in [0.5, 0.6) is 0 Å².